The molecule has 0 aliphatic rings. The van der Waals surface area contributed by atoms with Gasteiger partial charge in [0.1, 0.15) is 11.9 Å². The molecule has 17 heavy (non-hydrogen) atoms. The van der Waals surface area contributed by atoms with Gasteiger partial charge in [0, 0.05) is 24.4 Å². The lowest BCUT2D eigenvalue weighted by molar-refractivity contribution is 0.591. The third-order valence-corrected chi connectivity index (χ3v) is 2.99. The minimum atomic E-state index is -0.432. The monoisotopic (exact) mass is 248 g/mol. The van der Waals surface area contributed by atoms with E-state index in [0.717, 1.165) is 12.3 Å². The Morgan fingerprint density at radius 2 is 2.29 bits per heavy atom. The average Bonchev–Trinajstić information content (AvgIpc) is 2.35. The Bertz CT molecular complexity index is 446. The summed E-state index contributed by atoms with van der Waals surface area (Å²) < 4.78 is 13.6. The van der Waals surface area contributed by atoms with Crippen LogP contribution in [0.25, 0.3) is 0 Å². The summed E-state index contributed by atoms with van der Waals surface area (Å²) >= 11 is 1.66. The lowest BCUT2D eigenvalue weighted by Crippen LogP contribution is -2.17. The first kappa shape index (κ1) is 13.6. The molecule has 0 unspecified atom stereocenters. The zero-order valence-electron chi connectivity index (χ0n) is 9.37. The molecule has 0 amide bonds. The first-order valence-electron chi connectivity index (χ1n) is 5.19. The Labute approximate surface area is 105 Å². The van der Waals surface area contributed by atoms with E-state index in [1.807, 2.05) is 6.07 Å². The molecule has 0 saturated heterocycles. The zero-order valence-corrected chi connectivity index (χ0v) is 10.2. The van der Waals surface area contributed by atoms with Gasteiger partial charge in [-0.3, -0.25) is 0 Å². The number of rotatable bonds is 6. The van der Waals surface area contributed by atoms with Crippen molar-refractivity contribution in [3.8, 4) is 18.4 Å². The number of hydrogen-bond donors (Lipinski definition) is 1. The number of thioether (sulfide) groups is 1. The maximum absolute atomic E-state index is 13.6. The molecule has 0 aromatic heterocycles. The second kappa shape index (κ2) is 7.73. The molecule has 0 saturated carbocycles. The van der Waals surface area contributed by atoms with Crippen molar-refractivity contribution < 1.29 is 4.39 Å². The summed E-state index contributed by atoms with van der Waals surface area (Å²) in [5.41, 5.74) is 0.608. The summed E-state index contributed by atoms with van der Waals surface area (Å²) in [5.74, 6) is 3.69. The number of hydrogen-bond acceptors (Lipinski definition) is 3. The topological polar surface area (TPSA) is 35.8 Å². The third kappa shape index (κ3) is 4.48. The van der Waals surface area contributed by atoms with Crippen molar-refractivity contribution in [1.82, 2.24) is 5.32 Å². The highest BCUT2D eigenvalue weighted by atomic mass is 32.2. The molecule has 0 aliphatic heterocycles. The van der Waals surface area contributed by atoms with E-state index < -0.39 is 5.82 Å². The van der Waals surface area contributed by atoms with Gasteiger partial charge in [-0.15, -0.1) is 18.2 Å². The Hall–Kier alpha value is -1.49. The quantitative estimate of drug-likeness (QED) is 0.619. The number of halogens is 1. The molecular weight excluding hydrogens is 235 g/mol. The average molecular weight is 248 g/mol. The Kier molecular flexibility index (Phi) is 6.17. The molecule has 2 nitrogen and oxygen atoms in total. The smallest absolute Gasteiger partial charge is 0.145 e. The van der Waals surface area contributed by atoms with Crippen molar-refractivity contribution >= 4 is 11.8 Å². The highest BCUT2D eigenvalue weighted by Crippen LogP contribution is 2.11. The van der Waals surface area contributed by atoms with Crippen LogP contribution in [0.5, 0.6) is 0 Å². The summed E-state index contributed by atoms with van der Waals surface area (Å²) in [6.45, 7) is 1.19. The van der Waals surface area contributed by atoms with Crippen molar-refractivity contribution in [3.05, 3.63) is 35.1 Å². The van der Waals surface area contributed by atoms with Crippen LogP contribution in [0.3, 0.4) is 0 Å². The van der Waals surface area contributed by atoms with Crippen molar-refractivity contribution in [3.63, 3.8) is 0 Å². The fraction of sp³-hybridized carbons (Fsp3) is 0.308. The molecule has 0 fully saturated rings. The summed E-state index contributed by atoms with van der Waals surface area (Å²) in [6.07, 6.45) is 5.11. The molecule has 1 rings (SSSR count). The molecule has 1 aromatic carbocycles. The molecule has 0 heterocycles. The second-order valence-corrected chi connectivity index (χ2v) is 4.43. The Morgan fingerprint density at radius 1 is 1.47 bits per heavy atom. The summed E-state index contributed by atoms with van der Waals surface area (Å²) in [7, 11) is 0. The van der Waals surface area contributed by atoms with Crippen LogP contribution in [0.15, 0.2) is 18.2 Å². The fourth-order valence-corrected chi connectivity index (χ4v) is 1.85. The molecule has 88 valence electrons. The molecular formula is C13H13FN2S. The van der Waals surface area contributed by atoms with Gasteiger partial charge < -0.3 is 5.32 Å². The summed E-state index contributed by atoms with van der Waals surface area (Å²) in [4.78, 5) is 0. The predicted octanol–water partition coefficient (Wildman–Crippen LogP) is 2.15. The van der Waals surface area contributed by atoms with Gasteiger partial charge in [0.25, 0.3) is 0 Å². The highest BCUT2D eigenvalue weighted by molar-refractivity contribution is 7.99. The van der Waals surface area contributed by atoms with E-state index in [-0.39, 0.29) is 5.56 Å². The zero-order chi connectivity index (χ0) is 12.5. The lowest BCUT2D eigenvalue weighted by atomic mass is 10.1. The SMILES string of the molecule is C#CCSCCNCc1cccc(C#N)c1F. The van der Waals surface area contributed by atoms with E-state index in [4.69, 9.17) is 11.7 Å². The van der Waals surface area contributed by atoms with Crippen LogP contribution >= 0.6 is 11.8 Å². The maximum atomic E-state index is 13.6. The normalized spacial score (nSPS) is 9.59. The fourth-order valence-electron chi connectivity index (χ4n) is 1.30. The van der Waals surface area contributed by atoms with Crippen LogP contribution in [-0.2, 0) is 6.54 Å². The first-order chi connectivity index (χ1) is 8.29. The maximum Gasteiger partial charge on any atom is 0.145 e. The Balaban J connectivity index is 2.38. The van der Waals surface area contributed by atoms with Crippen LogP contribution in [0.4, 0.5) is 4.39 Å². The van der Waals surface area contributed by atoms with Gasteiger partial charge >= 0.3 is 0 Å². The van der Waals surface area contributed by atoms with Crippen LogP contribution in [0, 0.1) is 29.5 Å². The van der Waals surface area contributed by atoms with E-state index in [2.05, 4.69) is 11.2 Å². The van der Waals surface area contributed by atoms with Gasteiger partial charge in [0.05, 0.1) is 11.3 Å². The molecule has 0 bridgehead atoms. The Morgan fingerprint density at radius 3 is 3.00 bits per heavy atom. The van der Waals surface area contributed by atoms with Crippen LogP contribution in [-0.4, -0.2) is 18.1 Å². The van der Waals surface area contributed by atoms with Gasteiger partial charge in [-0.2, -0.15) is 5.26 Å². The first-order valence-corrected chi connectivity index (χ1v) is 6.34. The minimum Gasteiger partial charge on any atom is -0.312 e. The van der Waals surface area contributed by atoms with Crippen molar-refractivity contribution in [1.29, 1.82) is 5.26 Å². The second-order valence-electron chi connectivity index (χ2n) is 3.32. The molecule has 0 spiro atoms. The number of benzene rings is 1. The van der Waals surface area contributed by atoms with Gasteiger partial charge in [0.15, 0.2) is 0 Å². The molecule has 4 heteroatoms. The largest absolute Gasteiger partial charge is 0.312 e. The van der Waals surface area contributed by atoms with E-state index in [1.54, 1.807) is 23.9 Å². The van der Waals surface area contributed by atoms with E-state index in [9.17, 15) is 4.39 Å². The summed E-state index contributed by atoms with van der Waals surface area (Å²) in [6, 6.07) is 6.66. The highest BCUT2D eigenvalue weighted by Gasteiger charge is 2.06. The minimum absolute atomic E-state index is 0.0889. The number of terminal acetylenes is 1. The van der Waals surface area contributed by atoms with Gasteiger partial charge in [0.2, 0.25) is 0 Å². The van der Waals surface area contributed by atoms with Crippen LogP contribution in [0.1, 0.15) is 11.1 Å². The molecule has 1 N–H and O–H groups in total. The third-order valence-electron chi connectivity index (χ3n) is 2.12. The van der Waals surface area contributed by atoms with E-state index in [1.165, 1.54) is 6.07 Å². The molecule has 1 aromatic rings. The predicted molar refractivity (Wildman–Crippen MR) is 69.0 cm³/mol. The van der Waals surface area contributed by atoms with Crippen molar-refractivity contribution in [2.24, 2.45) is 0 Å². The molecule has 0 aliphatic carbocycles. The standard InChI is InChI=1S/C13H13FN2S/c1-2-7-17-8-6-16-10-12-5-3-4-11(9-15)13(12)14/h1,3-5,16H,6-8,10H2. The van der Waals surface area contributed by atoms with Crippen molar-refractivity contribution in [2.45, 2.75) is 6.54 Å². The summed E-state index contributed by atoms with van der Waals surface area (Å²) in [5, 5.41) is 11.8. The van der Waals surface area contributed by atoms with Crippen LogP contribution < -0.4 is 5.32 Å². The van der Waals surface area contributed by atoms with Gasteiger partial charge in [-0.1, -0.05) is 18.1 Å². The van der Waals surface area contributed by atoms with Crippen LogP contribution in [0.2, 0.25) is 0 Å². The number of nitriles is 1. The molecule has 0 radical (unpaired) electrons. The number of nitrogens with zero attached hydrogens (tertiary/aromatic N) is 1. The molecule has 0 atom stereocenters. The van der Waals surface area contributed by atoms with Gasteiger partial charge in [-0.25, -0.2) is 4.39 Å². The lowest BCUT2D eigenvalue weighted by Gasteiger charge is -2.06. The van der Waals surface area contributed by atoms with E-state index >= 15 is 0 Å². The van der Waals surface area contributed by atoms with Crippen molar-refractivity contribution in [2.75, 3.05) is 18.1 Å². The number of nitrogens with one attached hydrogen (secondary N) is 1. The van der Waals surface area contributed by atoms with E-state index in [0.29, 0.717) is 17.9 Å². The van der Waals surface area contributed by atoms with Gasteiger partial charge in [-0.05, 0) is 6.07 Å².